The summed E-state index contributed by atoms with van der Waals surface area (Å²) >= 11 is 0. The van der Waals surface area contributed by atoms with Crippen LogP contribution in [0.5, 0.6) is 11.5 Å². The van der Waals surface area contributed by atoms with Gasteiger partial charge < -0.3 is 20.8 Å². The number of aromatic hydroxyl groups is 2. The number of nitrogens with zero attached hydrogens (tertiary/aromatic N) is 1. The van der Waals surface area contributed by atoms with Crippen LogP contribution < -0.4 is 10.6 Å². The molecular weight excluding hydrogens is 290 g/mol. The molecular formula is C14H13N3O5. The van der Waals surface area contributed by atoms with E-state index in [1.165, 1.54) is 36.4 Å². The molecule has 4 N–H and O–H groups in total. The number of anilines is 1. The fourth-order valence-electron chi connectivity index (χ4n) is 1.70. The number of carbonyl (C=O) groups excluding carboxylic acids is 1. The fraction of sp³-hybridized carbons (Fsp3) is 0.0714. The largest absolute Gasteiger partial charge is 0.504 e. The van der Waals surface area contributed by atoms with Crippen LogP contribution in [0.4, 0.5) is 16.2 Å². The molecule has 0 aromatic heterocycles. The molecule has 0 unspecified atom stereocenters. The molecule has 0 bridgehead atoms. The SMILES string of the molecule is O=C(NCc1ccc(O)c(O)c1)Nc1ccc([N+](=O)[O-])cc1. The summed E-state index contributed by atoms with van der Waals surface area (Å²) in [5.41, 5.74) is 0.955. The maximum atomic E-state index is 11.7. The lowest BCUT2D eigenvalue weighted by molar-refractivity contribution is -0.384. The molecule has 0 radical (unpaired) electrons. The van der Waals surface area contributed by atoms with Crippen molar-refractivity contribution >= 4 is 17.4 Å². The molecule has 22 heavy (non-hydrogen) atoms. The summed E-state index contributed by atoms with van der Waals surface area (Å²) in [6, 6.07) is 9.13. The Labute approximate surface area is 125 Å². The van der Waals surface area contributed by atoms with E-state index >= 15 is 0 Å². The van der Waals surface area contributed by atoms with Crippen LogP contribution in [-0.2, 0) is 6.54 Å². The van der Waals surface area contributed by atoms with Gasteiger partial charge in [-0.25, -0.2) is 4.79 Å². The van der Waals surface area contributed by atoms with Crippen molar-refractivity contribution in [2.75, 3.05) is 5.32 Å². The van der Waals surface area contributed by atoms with Gasteiger partial charge in [-0.3, -0.25) is 10.1 Å². The molecule has 114 valence electrons. The molecule has 0 saturated carbocycles. The van der Waals surface area contributed by atoms with Gasteiger partial charge in [-0.05, 0) is 29.8 Å². The fourth-order valence-corrected chi connectivity index (χ4v) is 1.70. The molecule has 0 heterocycles. The molecule has 2 amide bonds. The van der Waals surface area contributed by atoms with Crippen LogP contribution in [0.2, 0.25) is 0 Å². The second-order valence-electron chi connectivity index (χ2n) is 4.43. The van der Waals surface area contributed by atoms with Crippen molar-refractivity contribution in [3.05, 3.63) is 58.1 Å². The molecule has 2 aromatic rings. The van der Waals surface area contributed by atoms with Crippen LogP contribution in [-0.4, -0.2) is 21.2 Å². The van der Waals surface area contributed by atoms with Crippen molar-refractivity contribution in [2.45, 2.75) is 6.54 Å². The topological polar surface area (TPSA) is 125 Å². The van der Waals surface area contributed by atoms with Crippen molar-refractivity contribution in [1.29, 1.82) is 0 Å². The zero-order valence-electron chi connectivity index (χ0n) is 11.3. The minimum atomic E-state index is -0.527. The standard InChI is InChI=1S/C14H13N3O5/c18-12-6-1-9(7-13(12)19)8-15-14(20)16-10-2-4-11(5-3-10)17(21)22/h1-7,18-19H,8H2,(H2,15,16,20). The third-order valence-electron chi connectivity index (χ3n) is 2.83. The Hall–Kier alpha value is -3.29. The van der Waals surface area contributed by atoms with E-state index in [4.69, 9.17) is 0 Å². The quantitative estimate of drug-likeness (QED) is 0.392. The maximum absolute atomic E-state index is 11.7. The van der Waals surface area contributed by atoms with Crippen molar-refractivity contribution in [2.24, 2.45) is 0 Å². The van der Waals surface area contributed by atoms with Crippen LogP contribution >= 0.6 is 0 Å². The Kier molecular flexibility index (Phi) is 4.42. The lowest BCUT2D eigenvalue weighted by Gasteiger charge is -2.08. The highest BCUT2D eigenvalue weighted by Crippen LogP contribution is 2.24. The van der Waals surface area contributed by atoms with Gasteiger partial charge in [-0.1, -0.05) is 6.07 Å². The van der Waals surface area contributed by atoms with Gasteiger partial charge in [-0.15, -0.1) is 0 Å². The third kappa shape index (κ3) is 3.85. The lowest BCUT2D eigenvalue weighted by Crippen LogP contribution is -2.28. The summed E-state index contributed by atoms with van der Waals surface area (Å²) in [6.45, 7) is 0.145. The number of non-ortho nitro benzene ring substituents is 1. The molecule has 0 aliphatic heterocycles. The van der Waals surface area contributed by atoms with Crippen molar-refractivity contribution in [3.63, 3.8) is 0 Å². The van der Waals surface area contributed by atoms with Crippen molar-refractivity contribution in [1.82, 2.24) is 5.32 Å². The summed E-state index contributed by atoms with van der Waals surface area (Å²) in [6.07, 6.45) is 0. The number of nitro benzene ring substituents is 1. The molecule has 0 aliphatic rings. The Morgan fingerprint density at radius 3 is 2.36 bits per heavy atom. The average Bonchev–Trinajstić information content (AvgIpc) is 2.49. The van der Waals surface area contributed by atoms with Crippen LogP contribution in [0.15, 0.2) is 42.5 Å². The molecule has 2 aromatic carbocycles. The second kappa shape index (κ2) is 6.44. The maximum Gasteiger partial charge on any atom is 0.319 e. The molecule has 0 aliphatic carbocycles. The number of nitro groups is 1. The number of phenolic OH excluding ortho intramolecular Hbond substituents is 2. The predicted molar refractivity (Wildman–Crippen MR) is 78.7 cm³/mol. The third-order valence-corrected chi connectivity index (χ3v) is 2.83. The molecule has 0 saturated heterocycles. The van der Waals surface area contributed by atoms with Gasteiger partial charge in [-0.2, -0.15) is 0 Å². The number of hydrogen-bond donors (Lipinski definition) is 4. The van der Waals surface area contributed by atoms with Crippen LogP contribution in [0.25, 0.3) is 0 Å². The number of benzene rings is 2. The zero-order chi connectivity index (χ0) is 16.1. The Morgan fingerprint density at radius 1 is 1.09 bits per heavy atom. The van der Waals surface area contributed by atoms with E-state index in [0.717, 1.165) is 0 Å². The van der Waals surface area contributed by atoms with E-state index in [2.05, 4.69) is 10.6 Å². The van der Waals surface area contributed by atoms with Gasteiger partial charge in [0.05, 0.1) is 4.92 Å². The van der Waals surface area contributed by atoms with E-state index in [9.17, 15) is 25.1 Å². The van der Waals surface area contributed by atoms with Gasteiger partial charge in [0.25, 0.3) is 5.69 Å². The van der Waals surface area contributed by atoms with Crippen LogP contribution in [0, 0.1) is 10.1 Å². The Balaban J connectivity index is 1.89. The summed E-state index contributed by atoms with van der Waals surface area (Å²) in [5.74, 6) is -0.505. The molecule has 0 atom stereocenters. The molecule has 0 fully saturated rings. The highest BCUT2D eigenvalue weighted by atomic mass is 16.6. The monoisotopic (exact) mass is 303 g/mol. The highest BCUT2D eigenvalue weighted by molar-refractivity contribution is 5.89. The van der Waals surface area contributed by atoms with E-state index in [1.54, 1.807) is 6.07 Å². The van der Waals surface area contributed by atoms with Gasteiger partial charge in [0.1, 0.15) is 0 Å². The van der Waals surface area contributed by atoms with Gasteiger partial charge in [0.2, 0.25) is 0 Å². The number of carbonyl (C=O) groups is 1. The minimum Gasteiger partial charge on any atom is -0.504 e. The predicted octanol–water partition coefficient (Wildman–Crippen LogP) is 2.33. The molecule has 2 rings (SSSR count). The highest BCUT2D eigenvalue weighted by Gasteiger charge is 2.07. The van der Waals surface area contributed by atoms with E-state index in [-0.39, 0.29) is 23.7 Å². The van der Waals surface area contributed by atoms with Gasteiger partial charge >= 0.3 is 6.03 Å². The van der Waals surface area contributed by atoms with Gasteiger partial charge in [0, 0.05) is 24.4 Å². The lowest BCUT2D eigenvalue weighted by atomic mass is 10.2. The summed E-state index contributed by atoms with van der Waals surface area (Å²) in [7, 11) is 0. The first-order valence-electron chi connectivity index (χ1n) is 6.26. The number of nitrogens with one attached hydrogen (secondary N) is 2. The van der Waals surface area contributed by atoms with E-state index < -0.39 is 11.0 Å². The normalized spacial score (nSPS) is 10.0. The summed E-state index contributed by atoms with van der Waals surface area (Å²) in [5, 5.41) is 34.1. The minimum absolute atomic E-state index is 0.0643. The first-order valence-corrected chi connectivity index (χ1v) is 6.26. The first-order chi connectivity index (χ1) is 10.5. The number of phenols is 2. The molecule has 0 spiro atoms. The molecule has 8 heteroatoms. The Morgan fingerprint density at radius 2 is 1.77 bits per heavy atom. The number of amides is 2. The number of hydrogen-bond acceptors (Lipinski definition) is 5. The number of rotatable bonds is 4. The summed E-state index contributed by atoms with van der Waals surface area (Å²) < 4.78 is 0. The van der Waals surface area contributed by atoms with Gasteiger partial charge in [0.15, 0.2) is 11.5 Å². The molecule has 8 nitrogen and oxygen atoms in total. The number of urea groups is 1. The van der Waals surface area contributed by atoms with E-state index in [0.29, 0.717) is 11.3 Å². The Bertz CT molecular complexity index is 700. The van der Waals surface area contributed by atoms with Crippen molar-refractivity contribution in [3.8, 4) is 11.5 Å². The first kappa shape index (κ1) is 15.1. The average molecular weight is 303 g/mol. The smallest absolute Gasteiger partial charge is 0.319 e. The van der Waals surface area contributed by atoms with Crippen LogP contribution in [0.1, 0.15) is 5.56 Å². The second-order valence-corrected chi connectivity index (χ2v) is 4.43. The summed E-state index contributed by atoms with van der Waals surface area (Å²) in [4.78, 5) is 21.7. The van der Waals surface area contributed by atoms with E-state index in [1.807, 2.05) is 0 Å². The zero-order valence-corrected chi connectivity index (χ0v) is 11.3. The van der Waals surface area contributed by atoms with Crippen LogP contribution in [0.3, 0.4) is 0 Å². The van der Waals surface area contributed by atoms with Crippen molar-refractivity contribution < 1.29 is 19.9 Å².